The van der Waals surface area contributed by atoms with Crippen molar-refractivity contribution < 1.29 is 38.6 Å². The van der Waals surface area contributed by atoms with Gasteiger partial charge >= 0.3 is 21.5 Å². The smallest absolute Gasteiger partial charge is 0.412 e. The number of nitrogens with zero attached hydrogens (tertiary/aromatic N) is 1. The Balaban J connectivity index is 4.94. The van der Waals surface area contributed by atoms with Crippen molar-refractivity contribution in [3.63, 3.8) is 0 Å². The van der Waals surface area contributed by atoms with Gasteiger partial charge in [-0.1, -0.05) is 6.92 Å². The molecule has 0 aromatic carbocycles. The van der Waals surface area contributed by atoms with Crippen LogP contribution in [0.2, 0.25) is 0 Å². The molecular formula is C4H11NO8P2. The van der Waals surface area contributed by atoms with Gasteiger partial charge < -0.3 is 24.7 Å². The Bertz CT molecular complexity index is 308. The summed E-state index contributed by atoms with van der Waals surface area (Å²) in [6.07, 6.45) is 0. The average Bonchev–Trinajstić information content (AvgIpc) is 1.94. The predicted molar refractivity (Wildman–Crippen MR) is 47.6 cm³/mol. The maximum atomic E-state index is 10.7. The number of aliphatic carboxylic acids is 1. The van der Waals surface area contributed by atoms with Crippen LogP contribution in [0.3, 0.4) is 0 Å². The van der Waals surface area contributed by atoms with Gasteiger partial charge in [-0.05, 0) is 0 Å². The third kappa shape index (κ3) is 4.85. The van der Waals surface area contributed by atoms with Gasteiger partial charge in [0.2, 0.25) is 0 Å². The van der Waals surface area contributed by atoms with Crippen LogP contribution in [0.5, 0.6) is 0 Å². The molecule has 0 saturated carbocycles. The molecule has 11 heteroatoms. The lowest BCUT2D eigenvalue weighted by molar-refractivity contribution is -0.141. The zero-order chi connectivity index (χ0) is 12.4. The van der Waals surface area contributed by atoms with E-state index in [1.54, 1.807) is 0 Å². The number of hydrogen-bond acceptors (Lipinski definition) is 3. The Morgan fingerprint density at radius 1 is 1.20 bits per heavy atom. The fourth-order valence-electron chi connectivity index (χ4n) is 0.688. The zero-order valence-corrected chi connectivity index (χ0v) is 9.38. The van der Waals surface area contributed by atoms with Crippen molar-refractivity contribution in [3.05, 3.63) is 0 Å². The van der Waals surface area contributed by atoms with Gasteiger partial charge in [-0.25, -0.2) is 9.13 Å². The second-order valence-electron chi connectivity index (χ2n) is 2.82. The summed E-state index contributed by atoms with van der Waals surface area (Å²) in [7, 11) is -10.4. The first-order chi connectivity index (χ1) is 6.46. The van der Waals surface area contributed by atoms with Crippen LogP contribution in [-0.2, 0) is 13.9 Å². The van der Waals surface area contributed by atoms with Crippen LogP contribution in [0.4, 0.5) is 0 Å². The molecule has 0 aromatic rings. The van der Waals surface area contributed by atoms with E-state index in [9.17, 15) is 13.9 Å². The molecule has 5 N–H and O–H groups in total. The van der Waals surface area contributed by atoms with Crippen molar-refractivity contribution in [2.45, 2.75) is 6.92 Å². The lowest BCUT2D eigenvalue weighted by Crippen LogP contribution is -2.27. The molecule has 0 aliphatic heterocycles. The summed E-state index contributed by atoms with van der Waals surface area (Å²) >= 11 is 0. The van der Waals surface area contributed by atoms with Crippen LogP contribution >= 0.6 is 15.5 Å². The molecule has 1 atom stereocenters. The maximum Gasteiger partial charge on any atom is 0.412 e. The second-order valence-corrected chi connectivity index (χ2v) is 6.16. The summed E-state index contributed by atoms with van der Waals surface area (Å²) in [5, 5.41) is 8.43. The molecular weight excluding hydrogens is 252 g/mol. The van der Waals surface area contributed by atoms with E-state index < -0.39 is 38.4 Å². The fraction of sp³-hybridized carbons (Fsp3) is 0.750. The summed E-state index contributed by atoms with van der Waals surface area (Å²) in [6.45, 7) is 0.130. The van der Waals surface area contributed by atoms with Crippen LogP contribution in [-0.4, -0.2) is 41.6 Å². The molecule has 1 unspecified atom stereocenters. The van der Waals surface area contributed by atoms with Crippen molar-refractivity contribution in [1.29, 1.82) is 0 Å². The number of carboxylic acids is 1. The number of hydrogen-bond donors (Lipinski definition) is 5. The molecule has 9 nitrogen and oxygen atoms in total. The van der Waals surface area contributed by atoms with Crippen molar-refractivity contribution in [2.24, 2.45) is 5.92 Å². The molecule has 0 rings (SSSR count). The van der Waals surface area contributed by atoms with E-state index >= 15 is 0 Å². The van der Waals surface area contributed by atoms with Gasteiger partial charge in [-0.3, -0.25) is 4.79 Å². The van der Waals surface area contributed by atoms with Gasteiger partial charge in [0, 0.05) is 6.54 Å². The Hall–Kier alpha value is -0.270. The van der Waals surface area contributed by atoms with Gasteiger partial charge in [0.25, 0.3) is 0 Å². The van der Waals surface area contributed by atoms with Crippen molar-refractivity contribution in [2.75, 3.05) is 6.54 Å². The first-order valence-corrected chi connectivity index (χ1v) is 6.71. The van der Waals surface area contributed by atoms with Crippen molar-refractivity contribution >= 4 is 21.5 Å². The Labute approximate surface area is 84.8 Å². The van der Waals surface area contributed by atoms with E-state index in [1.165, 1.54) is 0 Å². The quantitative estimate of drug-likeness (QED) is 0.400. The normalized spacial score (nSPS) is 15.3. The van der Waals surface area contributed by atoms with Gasteiger partial charge in [-0.15, -0.1) is 4.44 Å². The predicted octanol–water partition coefficient (Wildman–Crippen LogP) is -0.806. The molecule has 0 bridgehead atoms. The Morgan fingerprint density at radius 2 is 1.53 bits per heavy atom. The maximum absolute atomic E-state index is 10.7. The Kier molecular flexibility index (Phi) is 4.63. The minimum atomic E-state index is -5.18. The van der Waals surface area contributed by atoms with Crippen molar-refractivity contribution in [3.8, 4) is 0 Å². The SMILES string of the molecule is CC(CN(P(=O)(O)O)P(=O)(O)O)C(=O)O. The molecule has 0 aromatic heterocycles. The average molecular weight is 263 g/mol. The van der Waals surface area contributed by atoms with Gasteiger partial charge in [0.1, 0.15) is 0 Å². The Morgan fingerprint density at radius 3 is 1.73 bits per heavy atom. The van der Waals surface area contributed by atoms with E-state index in [0.29, 0.717) is 0 Å². The molecule has 0 aliphatic carbocycles. The fourth-order valence-corrected chi connectivity index (χ4v) is 2.82. The summed E-state index contributed by atoms with van der Waals surface area (Å²) < 4.78 is 20.9. The molecule has 0 fully saturated rings. The van der Waals surface area contributed by atoms with Crippen LogP contribution < -0.4 is 0 Å². The lowest BCUT2D eigenvalue weighted by Gasteiger charge is -2.24. The summed E-state index contributed by atoms with van der Waals surface area (Å²) in [6, 6.07) is 0. The molecule has 0 saturated heterocycles. The lowest BCUT2D eigenvalue weighted by atomic mass is 10.2. The highest BCUT2D eigenvalue weighted by molar-refractivity contribution is 7.65. The topological polar surface area (TPSA) is 156 Å². The van der Waals surface area contributed by atoms with Crippen LogP contribution in [0.25, 0.3) is 0 Å². The van der Waals surface area contributed by atoms with E-state index in [4.69, 9.17) is 24.7 Å². The summed E-state index contributed by atoms with van der Waals surface area (Å²) in [5.74, 6) is -2.73. The van der Waals surface area contributed by atoms with E-state index in [-0.39, 0.29) is 0 Å². The number of rotatable bonds is 5. The molecule has 0 spiro atoms. The first-order valence-electron chi connectivity index (χ1n) is 3.58. The van der Waals surface area contributed by atoms with Crippen LogP contribution in [0.15, 0.2) is 0 Å². The van der Waals surface area contributed by atoms with E-state index in [1.807, 2.05) is 0 Å². The standard InChI is InChI=1S/C4H11NO8P2/c1-3(4(6)7)2-5(14(8,9)10)15(11,12)13/h3H,2H2,1H3,(H,6,7)(H2,8,9,10)(H2,11,12,13). The largest absolute Gasteiger partial charge is 0.481 e. The molecule has 0 aliphatic rings. The van der Waals surface area contributed by atoms with E-state index in [0.717, 1.165) is 6.92 Å². The third-order valence-electron chi connectivity index (χ3n) is 1.46. The highest BCUT2D eigenvalue weighted by Crippen LogP contribution is 2.57. The minimum absolute atomic E-state index is 0.432. The first kappa shape index (κ1) is 14.7. The third-order valence-corrected chi connectivity index (χ3v) is 4.39. The number of carbonyl (C=O) groups is 1. The van der Waals surface area contributed by atoms with Crippen LogP contribution in [0.1, 0.15) is 6.92 Å². The summed E-state index contributed by atoms with van der Waals surface area (Å²) in [5.41, 5.74) is 0. The zero-order valence-electron chi connectivity index (χ0n) is 7.59. The second kappa shape index (κ2) is 4.71. The van der Waals surface area contributed by atoms with Crippen molar-refractivity contribution in [1.82, 2.24) is 4.44 Å². The number of carboxylic acid groups (broad SMARTS) is 1. The summed E-state index contributed by atoms with van der Waals surface area (Å²) in [4.78, 5) is 44.7. The van der Waals surface area contributed by atoms with Gasteiger partial charge in [0.15, 0.2) is 0 Å². The molecule has 90 valence electrons. The molecule has 0 amide bonds. The van der Waals surface area contributed by atoms with Crippen LogP contribution in [0, 0.1) is 5.92 Å². The van der Waals surface area contributed by atoms with E-state index in [2.05, 4.69) is 0 Å². The van der Waals surface area contributed by atoms with Gasteiger partial charge in [0.05, 0.1) is 5.92 Å². The highest BCUT2D eigenvalue weighted by atomic mass is 31.3. The molecule has 15 heavy (non-hydrogen) atoms. The molecule has 0 heterocycles. The highest BCUT2D eigenvalue weighted by Gasteiger charge is 2.41. The van der Waals surface area contributed by atoms with Gasteiger partial charge in [-0.2, -0.15) is 0 Å². The monoisotopic (exact) mass is 263 g/mol. The molecule has 0 radical (unpaired) electrons. The minimum Gasteiger partial charge on any atom is -0.481 e.